The predicted molar refractivity (Wildman–Crippen MR) is 126 cm³/mol. The minimum Gasteiger partial charge on any atom is -0.457 e. The molecule has 2 unspecified atom stereocenters. The van der Waals surface area contributed by atoms with Crippen molar-refractivity contribution in [2.75, 3.05) is 0 Å². The summed E-state index contributed by atoms with van der Waals surface area (Å²) in [7, 11) is 0. The molecule has 0 aliphatic rings. The Kier molecular flexibility index (Phi) is 8.61. The van der Waals surface area contributed by atoms with Gasteiger partial charge in [-0.1, -0.05) is 50.2 Å². The van der Waals surface area contributed by atoms with E-state index in [1.807, 2.05) is 38.1 Å². The molecule has 0 amide bonds. The fourth-order valence-corrected chi connectivity index (χ4v) is 3.91. The van der Waals surface area contributed by atoms with E-state index in [4.69, 9.17) is 9.47 Å². The molecule has 0 heterocycles. The number of carbonyl (C=O) groups excluding carboxylic acids is 1. The van der Waals surface area contributed by atoms with Crippen LogP contribution in [0.2, 0.25) is 0 Å². The van der Waals surface area contributed by atoms with Gasteiger partial charge in [-0.25, -0.2) is 0 Å². The number of alkyl halides is 2. The number of halogens is 3. The van der Waals surface area contributed by atoms with Crippen LogP contribution in [0.1, 0.15) is 37.0 Å². The summed E-state index contributed by atoms with van der Waals surface area (Å²) in [6.07, 6.45) is -1.15. The summed E-state index contributed by atoms with van der Waals surface area (Å²) in [5.41, 5.74) is 1.01. The monoisotopic (exact) mass is 529 g/mol. The van der Waals surface area contributed by atoms with Crippen LogP contribution in [0.4, 0.5) is 8.78 Å². The van der Waals surface area contributed by atoms with Gasteiger partial charge < -0.3 is 14.2 Å². The standard InChI is InChI=1S/C26H22BrF2NO4/c1-16(2)24(18-11-12-22(21(27)14-18)34-26(28)29)25(31)33-23(15-30)17-7-6-10-20(13-17)32-19-8-4-3-5-9-19/h3-14,16,23-24,26H,1-2H3. The van der Waals surface area contributed by atoms with E-state index in [0.717, 1.165) is 0 Å². The van der Waals surface area contributed by atoms with Gasteiger partial charge >= 0.3 is 12.6 Å². The largest absolute Gasteiger partial charge is 0.457 e. The quantitative estimate of drug-likeness (QED) is 0.270. The molecule has 0 aromatic heterocycles. The molecule has 0 fully saturated rings. The smallest absolute Gasteiger partial charge is 0.387 e. The zero-order chi connectivity index (χ0) is 24.7. The summed E-state index contributed by atoms with van der Waals surface area (Å²) in [5.74, 6) is -0.427. The van der Waals surface area contributed by atoms with Crippen LogP contribution < -0.4 is 9.47 Å². The molecule has 0 aliphatic heterocycles. The summed E-state index contributed by atoms with van der Waals surface area (Å²) in [5, 5.41) is 9.70. The van der Waals surface area contributed by atoms with Crippen molar-refractivity contribution in [3.8, 4) is 23.3 Å². The first kappa shape index (κ1) is 25.2. The van der Waals surface area contributed by atoms with Crippen LogP contribution in [0.5, 0.6) is 17.2 Å². The van der Waals surface area contributed by atoms with Crippen LogP contribution in [-0.2, 0) is 9.53 Å². The van der Waals surface area contributed by atoms with Crippen molar-refractivity contribution in [1.29, 1.82) is 5.26 Å². The van der Waals surface area contributed by atoms with Gasteiger partial charge in [-0.2, -0.15) is 14.0 Å². The van der Waals surface area contributed by atoms with Gasteiger partial charge in [-0.05, 0) is 63.8 Å². The van der Waals surface area contributed by atoms with Crippen molar-refractivity contribution in [2.45, 2.75) is 32.5 Å². The Hall–Kier alpha value is -3.44. The van der Waals surface area contributed by atoms with E-state index >= 15 is 0 Å². The molecule has 0 N–H and O–H groups in total. The molecule has 5 nitrogen and oxygen atoms in total. The Morgan fingerprint density at radius 1 is 0.941 bits per heavy atom. The average Bonchev–Trinajstić information content (AvgIpc) is 2.79. The second kappa shape index (κ2) is 11.6. The third-order valence-corrected chi connectivity index (χ3v) is 5.56. The summed E-state index contributed by atoms with van der Waals surface area (Å²) < 4.78 is 41.2. The third-order valence-electron chi connectivity index (χ3n) is 4.94. The van der Waals surface area contributed by atoms with Crippen molar-refractivity contribution in [2.24, 2.45) is 5.92 Å². The Morgan fingerprint density at radius 3 is 2.26 bits per heavy atom. The minimum absolute atomic E-state index is 0.0419. The van der Waals surface area contributed by atoms with Crippen LogP contribution in [0.15, 0.2) is 77.3 Å². The number of nitriles is 1. The molecule has 34 heavy (non-hydrogen) atoms. The number of esters is 1. The summed E-state index contributed by atoms with van der Waals surface area (Å²) in [4.78, 5) is 13.1. The molecule has 176 valence electrons. The molecule has 0 spiro atoms. The van der Waals surface area contributed by atoms with Crippen molar-refractivity contribution in [3.63, 3.8) is 0 Å². The van der Waals surface area contributed by atoms with Crippen LogP contribution in [0, 0.1) is 17.2 Å². The van der Waals surface area contributed by atoms with Gasteiger partial charge in [0.05, 0.1) is 10.4 Å². The number of ether oxygens (including phenoxy) is 3. The van der Waals surface area contributed by atoms with E-state index in [1.54, 1.807) is 42.5 Å². The van der Waals surface area contributed by atoms with E-state index in [2.05, 4.69) is 20.7 Å². The first-order valence-corrected chi connectivity index (χ1v) is 11.2. The van der Waals surface area contributed by atoms with Gasteiger partial charge in [0, 0.05) is 5.56 Å². The van der Waals surface area contributed by atoms with Gasteiger partial charge in [-0.15, -0.1) is 0 Å². The lowest BCUT2D eigenvalue weighted by atomic mass is 9.88. The number of nitrogens with zero attached hydrogens (tertiary/aromatic N) is 1. The van der Waals surface area contributed by atoms with Crippen molar-refractivity contribution < 1.29 is 27.8 Å². The second-order valence-electron chi connectivity index (χ2n) is 7.72. The first-order valence-electron chi connectivity index (χ1n) is 10.5. The summed E-state index contributed by atoms with van der Waals surface area (Å²) in [6, 6.07) is 22.4. The van der Waals surface area contributed by atoms with E-state index in [0.29, 0.717) is 22.6 Å². The Morgan fingerprint density at radius 2 is 1.65 bits per heavy atom. The lowest BCUT2D eigenvalue weighted by molar-refractivity contribution is -0.150. The highest BCUT2D eigenvalue weighted by Crippen LogP contribution is 2.35. The minimum atomic E-state index is -2.97. The molecule has 3 aromatic rings. The number of hydrogen-bond donors (Lipinski definition) is 0. The fourth-order valence-electron chi connectivity index (χ4n) is 3.42. The highest BCUT2D eigenvalue weighted by molar-refractivity contribution is 9.10. The number of carbonyl (C=O) groups is 1. The summed E-state index contributed by atoms with van der Waals surface area (Å²) >= 11 is 3.20. The third kappa shape index (κ3) is 6.55. The van der Waals surface area contributed by atoms with Crippen molar-refractivity contribution in [1.82, 2.24) is 0 Å². The topological polar surface area (TPSA) is 68.6 Å². The number of benzene rings is 3. The number of hydrogen-bond acceptors (Lipinski definition) is 5. The zero-order valence-electron chi connectivity index (χ0n) is 18.5. The van der Waals surface area contributed by atoms with E-state index in [-0.39, 0.29) is 16.1 Å². The van der Waals surface area contributed by atoms with E-state index < -0.39 is 24.6 Å². The zero-order valence-corrected chi connectivity index (χ0v) is 20.0. The predicted octanol–water partition coefficient (Wildman–Crippen LogP) is 7.39. The Labute approximate surface area is 205 Å². The fraction of sp³-hybridized carbons (Fsp3) is 0.231. The van der Waals surface area contributed by atoms with Crippen molar-refractivity contribution >= 4 is 21.9 Å². The highest BCUT2D eigenvalue weighted by Gasteiger charge is 2.29. The van der Waals surface area contributed by atoms with Gasteiger partial charge in [0.25, 0.3) is 0 Å². The molecule has 0 saturated carbocycles. The normalized spacial score (nSPS) is 12.6. The van der Waals surface area contributed by atoms with E-state index in [9.17, 15) is 18.8 Å². The molecule has 3 aromatic carbocycles. The maximum Gasteiger partial charge on any atom is 0.387 e. The maximum atomic E-state index is 13.1. The maximum absolute atomic E-state index is 13.1. The molecule has 0 saturated heterocycles. The molecular formula is C26H22BrF2NO4. The molecule has 0 radical (unpaired) electrons. The number of rotatable bonds is 9. The average molecular weight is 530 g/mol. The molecule has 0 aliphatic carbocycles. The molecule has 2 atom stereocenters. The molecule has 3 rings (SSSR count). The Balaban J connectivity index is 1.79. The van der Waals surface area contributed by atoms with Gasteiger partial charge in [0.1, 0.15) is 23.3 Å². The van der Waals surface area contributed by atoms with Crippen LogP contribution in [0.25, 0.3) is 0 Å². The van der Waals surface area contributed by atoms with Gasteiger partial charge in [0.2, 0.25) is 6.10 Å². The second-order valence-corrected chi connectivity index (χ2v) is 8.58. The van der Waals surface area contributed by atoms with Gasteiger partial charge in [-0.3, -0.25) is 4.79 Å². The lowest BCUT2D eigenvalue weighted by Crippen LogP contribution is -2.22. The van der Waals surface area contributed by atoms with Gasteiger partial charge in [0.15, 0.2) is 0 Å². The van der Waals surface area contributed by atoms with Crippen LogP contribution in [-0.4, -0.2) is 12.6 Å². The van der Waals surface area contributed by atoms with Crippen molar-refractivity contribution in [3.05, 3.63) is 88.4 Å². The first-order chi connectivity index (χ1) is 16.3. The molecule has 8 heteroatoms. The number of para-hydroxylation sites is 1. The van der Waals surface area contributed by atoms with E-state index in [1.165, 1.54) is 12.1 Å². The summed E-state index contributed by atoms with van der Waals surface area (Å²) in [6.45, 7) is 0.698. The SMILES string of the molecule is CC(C)C(C(=O)OC(C#N)c1cccc(Oc2ccccc2)c1)c1ccc(OC(F)F)c(Br)c1. The van der Waals surface area contributed by atoms with Crippen LogP contribution >= 0.6 is 15.9 Å². The highest BCUT2D eigenvalue weighted by atomic mass is 79.9. The molecule has 0 bridgehead atoms. The van der Waals surface area contributed by atoms with Crippen LogP contribution in [0.3, 0.4) is 0 Å². The molecular weight excluding hydrogens is 508 g/mol. The lowest BCUT2D eigenvalue weighted by Gasteiger charge is -2.22. The Bertz CT molecular complexity index is 1160.